The highest BCUT2D eigenvalue weighted by molar-refractivity contribution is 14.0. The number of aromatic nitrogens is 6. The normalized spacial score (nSPS) is 21.0. The first kappa shape index (κ1) is 23.0. The fourth-order valence-electron chi connectivity index (χ4n) is 4.10. The summed E-state index contributed by atoms with van der Waals surface area (Å²) in [7, 11) is 0. The lowest BCUT2D eigenvalue weighted by atomic mass is 9.99. The average Bonchev–Trinajstić information content (AvgIpc) is 3.30. The molecule has 0 bridgehead atoms. The van der Waals surface area contributed by atoms with Gasteiger partial charge < -0.3 is 15.2 Å². The van der Waals surface area contributed by atoms with Crippen molar-refractivity contribution in [1.29, 1.82) is 0 Å². The molecule has 9 nitrogen and oxygen atoms in total. The minimum Gasteiger partial charge on any atom is -0.357 e. The Bertz CT molecular complexity index is 870. The van der Waals surface area contributed by atoms with Crippen molar-refractivity contribution in [2.24, 2.45) is 10.9 Å². The summed E-state index contributed by atoms with van der Waals surface area (Å²) in [5.74, 6) is 5.96. The standard InChI is InChI=1S/C20H33N9.HI/c1-5-21-20(22-10-15-6-8-18-26-25-14(4)28(18)11-15)23-16-7-9-17-24-19(13(2)3)27-29(17)12-16;/h13,15-16H,5-12H2,1-4H3,(H2,21,22,23);1H. The summed E-state index contributed by atoms with van der Waals surface area (Å²) in [6.45, 7) is 11.9. The van der Waals surface area contributed by atoms with Crippen LogP contribution in [0.25, 0.3) is 0 Å². The minimum absolute atomic E-state index is 0. The second kappa shape index (κ2) is 10.1. The van der Waals surface area contributed by atoms with Gasteiger partial charge in [-0.25, -0.2) is 9.67 Å². The van der Waals surface area contributed by atoms with Gasteiger partial charge >= 0.3 is 0 Å². The Morgan fingerprint density at radius 2 is 1.97 bits per heavy atom. The number of aliphatic imine (C=N–C) groups is 1. The van der Waals surface area contributed by atoms with Crippen molar-refractivity contribution >= 4 is 29.9 Å². The summed E-state index contributed by atoms with van der Waals surface area (Å²) in [6.07, 6.45) is 4.11. The third-order valence-corrected chi connectivity index (χ3v) is 5.81. The van der Waals surface area contributed by atoms with Gasteiger partial charge in [-0.2, -0.15) is 5.10 Å². The summed E-state index contributed by atoms with van der Waals surface area (Å²) in [5.41, 5.74) is 0. The van der Waals surface area contributed by atoms with Crippen molar-refractivity contribution in [1.82, 2.24) is 40.2 Å². The number of rotatable bonds is 5. The van der Waals surface area contributed by atoms with Crippen molar-refractivity contribution in [3.8, 4) is 0 Å². The van der Waals surface area contributed by atoms with E-state index in [1.807, 2.05) is 6.92 Å². The Balaban J connectivity index is 0.00000256. The van der Waals surface area contributed by atoms with Gasteiger partial charge in [0.25, 0.3) is 0 Å². The molecule has 0 saturated carbocycles. The lowest BCUT2D eigenvalue weighted by molar-refractivity contribution is 0.367. The maximum absolute atomic E-state index is 4.90. The Morgan fingerprint density at radius 1 is 1.17 bits per heavy atom. The predicted molar refractivity (Wildman–Crippen MR) is 127 cm³/mol. The summed E-state index contributed by atoms with van der Waals surface area (Å²) >= 11 is 0. The Labute approximate surface area is 195 Å². The minimum atomic E-state index is 0. The quantitative estimate of drug-likeness (QED) is 0.351. The maximum atomic E-state index is 4.90. The van der Waals surface area contributed by atoms with E-state index in [4.69, 9.17) is 4.99 Å². The second-order valence-corrected chi connectivity index (χ2v) is 8.50. The molecular weight excluding hydrogens is 493 g/mol. The van der Waals surface area contributed by atoms with Gasteiger partial charge in [0.05, 0.1) is 6.54 Å². The van der Waals surface area contributed by atoms with Crippen molar-refractivity contribution in [3.05, 3.63) is 23.3 Å². The van der Waals surface area contributed by atoms with Crippen molar-refractivity contribution < 1.29 is 0 Å². The zero-order chi connectivity index (χ0) is 20.4. The van der Waals surface area contributed by atoms with E-state index >= 15 is 0 Å². The highest BCUT2D eigenvalue weighted by atomic mass is 127. The van der Waals surface area contributed by atoms with Crippen LogP contribution in [0.3, 0.4) is 0 Å². The van der Waals surface area contributed by atoms with E-state index in [9.17, 15) is 0 Å². The average molecular weight is 527 g/mol. The van der Waals surface area contributed by atoms with Gasteiger partial charge in [0.1, 0.15) is 17.5 Å². The number of aryl methyl sites for hydroxylation is 3. The summed E-state index contributed by atoms with van der Waals surface area (Å²) in [4.78, 5) is 9.59. The molecule has 0 fully saturated rings. The van der Waals surface area contributed by atoms with Crippen LogP contribution < -0.4 is 10.6 Å². The fraction of sp³-hybridized carbons (Fsp3) is 0.750. The van der Waals surface area contributed by atoms with E-state index in [0.717, 1.165) is 81.1 Å². The molecule has 0 aliphatic carbocycles. The molecule has 0 radical (unpaired) electrons. The van der Waals surface area contributed by atoms with Gasteiger partial charge in [-0.05, 0) is 32.6 Å². The highest BCUT2D eigenvalue weighted by Gasteiger charge is 2.24. The van der Waals surface area contributed by atoms with Crippen molar-refractivity contribution in [2.45, 2.75) is 78.4 Å². The van der Waals surface area contributed by atoms with Gasteiger partial charge in [-0.15, -0.1) is 34.2 Å². The van der Waals surface area contributed by atoms with Crippen LogP contribution in [-0.4, -0.2) is 54.6 Å². The number of hydrogen-bond donors (Lipinski definition) is 2. The molecule has 2 aromatic heterocycles. The van der Waals surface area contributed by atoms with E-state index in [1.54, 1.807) is 0 Å². The van der Waals surface area contributed by atoms with Crippen LogP contribution in [0.4, 0.5) is 0 Å². The molecule has 2 aromatic rings. The lowest BCUT2D eigenvalue weighted by Gasteiger charge is -2.26. The van der Waals surface area contributed by atoms with Crippen molar-refractivity contribution in [2.75, 3.05) is 13.1 Å². The van der Waals surface area contributed by atoms with Gasteiger partial charge in [-0.3, -0.25) is 4.99 Å². The molecule has 0 spiro atoms. The molecule has 0 saturated heterocycles. The predicted octanol–water partition coefficient (Wildman–Crippen LogP) is 2.05. The molecule has 10 heteroatoms. The third-order valence-electron chi connectivity index (χ3n) is 5.81. The van der Waals surface area contributed by atoms with Gasteiger partial charge in [0, 0.05) is 44.4 Å². The van der Waals surface area contributed by atoms with Crippen LogP contribution in [0.2, 0.25) is 0 Å². The molecule has 2 unspecified atom stereocenters. The van der Waals surface area contributed by atoms with Crippen LogP contribution >= 0.6 is 24.0 Å². The largest absolute Gasteiger partial charge is 0.357 e. The van der Waals surface area contributed by atoms with Crippen molar-refractivity contribution in [3.63, 3.8) is 0 Å². The molecule has 0 amide bonds. The molecule has 2 aliphatic heterocycles. The lowest BCUT2D eigenvalue weighted by Crippen LogP contribution is -2.47. The van der Waals surface area contributed by atoms with Crippen LogP contribution in [0.15, 0.2) is 4.99 Å². The molecule has 4 heterocycles. The first-order chi connectivity index (χ1) is 14.0. The molecule has 4 rings (SSSR count). The smallest absolute Gasteiger partial charge is 0.191 e. The molecule has 2 aliphatic rings. The molecule has 2 atom stereocenters. The van der Waals surface area contributed by atoms with Gasteiger partial charge in [0.15, 0.2) is 11.8 Å². The monoisotopic (exact) mass is 527 g/mol. The van der Waals surface area contributed by atoms with Gasteiger partial charge in [-0.1, -0.05) is 13.8 Å². The second-order valence-electron chi connectivity index (χ2n) is 8.50. The van der Waals surface area contributed by atoms with Crippen LogP contribution in [-0.2, 0) is 25.9 Å². The van der Waals surface area contributed by atoms with Gasteiger partial charge in [0.2, 0.25) is 0 Å². The number of guanidine groups is 1. The summed E-state index contributed by atoms with van der Waals surface area (Å²) < 4.78 is 4.31. The van der Waals surface area contributed by atoms with E-state index in [1.165, 1.54) is 0 Å². The van der Waals surface area contributed by atoms with E-state index in [0.29, 0.717) is 17.9 Å². The summed E-state index contributed by atoms with van der Waals surface area (Å²) in [6, 6.07) is 0.320. The van der Waals surface area contributed by atoms with Crippen LogP contribution in [0.5, 0.6) is 0 Å². The summed E-state index contributed by atoms with van der Waals surface area (Å²) in [5, 5.41) is 20.2. The number of nitrogens with zero attached hydrogens (tertiary/aromatic N) is 7. The number of nitrogens with one attached hydrogen (secondary N) is 2. The van der Waals surface area contributed by atoms with Crippen LogP contribution in [0.1, 0.15) is 62.8 Å². The molecular formula is C20H34IN9. The highest BCUT2D eigenvalue weighted by Crippen LogP contribution is 2.20. The zero-order valence-corrected chi connectivity index (χ0v) is 20.8. The van der Waals surface area contributed by atoms with E-state index < -0.39 is 0 Å². The van der Waals surface area contributed by atoms with E-state index in [2.05, 4.69) is 60.9 Å². The first-order valence-corrected chi connectivity index (χ1v) is 10.9. The third kappa shape index (κ3) is 5.12. The number of hydrogen-bond acceptors (Lipinski definition) is 5. The first-order valence-electron chi connectivity index (χ1n) is 10.9. The zero-order valence-electron chi connectivity index (χ0n) is 18.4. The maximum Gasteiger partial charge on any atom is 0.191 e. The Kier molecular flexibility index (Phi) is 7.70. The van der Waals surface area contributed by atoms with E-state index in [-0.39, 0.29) is 24.0 Å². The Morgan fingerprint density at radius 3 is 2.73 bits per heavy atom. The number of fused-ring (bicyclic) bond motifs is 2. The fourth-order valence-corrected chi connectivity index (χ4v) is 4.10. The van der Waals surface area contributed by atoms with Crippen LogP contribution in [0, 0.1) is 12.8 Å². The molecule has 166 valence electrons. The molecule has 2 N–H and O–H groups in total. The molecule has 30 heavy (non-hydrogen) atoms. The topological polar surface area (TPSA) is 97.8 Å². The number of halogens is 1. The molecule has 0 aromatic carbocycles. The SMILES string of the molecule is CCNC(=NCC1CCc2nnc(C)n2C1)NC1CCc2nc(C(C)C)nn2C1.I. The Hall–Kier alpha value is -1.72.